The minimum atomic E-state index is -3.35. The molecule has 7 heteroatoms. The number of sulfonamides is 1. The van der Waals surface area contributed by atoms with Crippen LogP contribution in [0, 0.1) is 0 Å². The van der Waals surface area contributed by atoms with Crippen LogP contribution in [0.25, 0.3) is 0 Å². The Kier molecular flexibility index (Phi) is 10.2. The SMILES string of the molecule is CS(=O)(=O)N(CCCCCCC(=O)O)Cc1ccc(C(O)CCc2ccccc2)cc1. The first-order chi connectivity index (χ1) is 14.8. The molecule has 1 atom stereocenters. The molecule has 0 aliphatic carbocycles. The predicted octanol–water partition coefficient (Wildman–Crippen LogP) is 4.15. The largest absolute Gasteiger partial charge is 0.481 e. The number of hydrogen-bond donors (Lipinski definition) is 2. The number of nitrogens with zero attached hydrogens (tertiary/aromatic N) is 1. The minimum Gasteiger partial charge on any atom is -0.481 e. The Bertz CT molecular complexity index is 897. The number of aliphatic carboxylic acids is 1. The topological polar surface area (TPSA) is 94.9 Å². The van der Waals surface area contributed by atoms with E-state index in [4.69, 9.17) is 5.11 Å². The van der Waals surface area contributed by atoms with E-state index in [1.165, 1.54) is 16.1 Å². The van der Waals surface area contributed by atoms with Gasteiger partial charge in [0.25, 0.3) is 0 Å². The first-order valence-corrected chi connectivity index (χ1v) is 12.6. The van der Waals surface area contributed by atoms with Crippen LogP contribution in [0.1, 0.15) is 61.3 Å². The standard InChI is InChI=1S/C24H33NO5S/c1-31(29,30)25(18-8-3-2-7-11-24(27)28)19-21-12-15-22(16-13-21)23(26)17-14-20-9-5-4-6-10-20/h4-6,9-10,12-13,15-16,23,26H,2-3,7-8,11,14,17-19H2,1H3,(H,27,28). The van der Waals surface area contributed by atoms with Crippen molar-refractivity contribution in [3.63, 3.8) is 0 Å². The summed E-state index contributed by atoms with van der Waals surface area (Å²) in [5.41, 5.74) is 2.88. The number of unbranched alkanes of at least 4 members (excludes halogenated alkanes) is 3. The van der Waals surface area contributed by atoms with Gasteiger partial charge in [-0.3, -0.25) is 4.79 Å². The highest BCUT2D eigenvalue weighted by Crippen LogP contribution is 2.21. The smallest absolute Gasteiger partial charge is 0.303 e. The zero-order valence-corrected chi connectivity index (χ0v) is 18.9. The van der Waals surface area contributed by atoms with Gasteiger partial charge in [-0.25, -0.2) is 8.42 Å². The van der Waals surface area contributed by atoms with E-state index >= 15 is 0 Å². The normalized spacial score (nSPS) is 12.7. The minimum absolute atomic E-state index is 0.152. The summed E-state index contributed by atoms with van der Waals surface area (Å²) in [6, 6.07) is 17.5. The highest BCUT2D eigenvalue weighted by atomic mass is 32.2. The van der Waals surface area contributed by atoms with Gasteiger partial charge in [-0.05, 0) is 42.4 Å². The van der Waals surface area contributed by atoms with Crippen molar-refractivity contribution in [2.75, 3.05) is 12.8 Å². The predicted molar refractivity (Wildman–Crippen MR) is 122 cm³/mol. The Morgan fingerprint density at radius 1 is 0.935 bits per heavy atom. The van der Waals surface area contributed by atoms with E-state index < -0.39 is 22.1 Å². The molecule has 2 aromatic rings. The Labute approximate surface area is 185 Å². The monoisotopic (exact) mass is 447 g/mol. The van der Waals surface area contributed by atoms with Gasteiger partial charge in [0.05, 0.1) is 12.4 Å². The van der Waals surface area contributed by atoms with Gasteiger partial charge in [-0.1, -0.05) is 67.4 Å². The molecule has 0 bridgehead atoms. The van der Waals surface area contributed by atoms with E-state index in [-0.39, 0.29) is 13.0 Å². The van der Waals surface area contributed by atoms with E-state index in [9.17, 15) is 18.3 Å². The summed E-state index contributed by atoms with van der Waals surface area (Å²) < 4.78 is 25.7. The van der Waals surface area contributed by atoms with Crippen LogP contribution in [0.5, 0.6) is 0 Å². The molecule has 0 heterocycles. The molecule has 0 aliphatic rings. The molecular weight excluding hydrogens is 414 g/mol. The quantitative estimate of drug-likeness (QED) is 0.424. The van der Waals surface area contributed by atoms with Gasteiger partial charge in [0.1, 0.15) is 0 Å². The number of carbonyl (C=O) groups is 1. The zero-order chi connectivity index (χ0) is 22.7. The maximum Gasteiger partial charge on any atom is 0.303 e. The third kappa shape index (κ3) is 9.63. The third-order valence-corrected chi connectivity index (χ3v) is 6.54. The average molecular weight is 448 g/mol. The molecule has 0 saturated carbocycles. The molecule has 0 saturated heterocycles. The van der Waals surface area contributed by atoms with Crippen molar-refractivity contribution in [1.29, 1.82) is 0 Å². The maximum atomic E-state index is 12.1. The number of carboxylic acids is 1. The number of hydrogen-bond acceptors (Lipinski definition) is 4. The van der Waals surface area contributed by atoms with Crippen LogP contribution in [-0.2, 0) is 27.8 Å². The molecule has 1 unspecified atom stereocenters. The first-order valence-electron chi connectivity index (χ1n) is 10.7. The van der Waals surface area contributed by atoms with E-state index in [0.717, 1.165) is 30.4 Å². The highest BCUT2D eigenvalue weighted by molar-refractivity contribution is 7.88. The van der Waals surface area contributed by atoms with Crippen LogP contribution in [0.2, 0.25) is 0 Å². The van der Waals surface area contributed by atoms with E-state index in [1.807, 2.05) is 54.6 Å². The lowest BCUT2D eigenvalue weighted by Crippen LogP contribution is -2.30. The summed E-state index contributed by atoms with van der Waals surface area (Å²) in [5.74, 6) is -0.800. The molecule has 0 spiro atoms. The fourth-order valence-corrected chi connectivity index (χ4v) is 4.29. The first kappa shape index (κ1) is 25.0. The average Bonchev–Trinajstić information content (AvgIpc) is 2.74. The number of carboxylic acid groups (broad SMARTS) is 1. The second-order valence-electron chi connectivity index (χ2n) is 7.94. The lowest BCUT2D eigenvalue weighted by molar-refractivity contribution is -0.137. The summed E-state index contributed by atoms with van der Waals surface area (Å²) in [7, 11) is -3.35. The molecule has 31 heavy (non-hydrogen) atoms. The van der Waals surface area contributed by atoms with Crippen molar-refractivity contribution in [2.45, 2.75) is 57.6 Å². The van der Waals surface area contributed by atoms with Crippen LogP contribution < -0.4 is 0 Å². The number of benzene rings is 2. The molecule has 2 rings (SSSR count). The highest BCUT2D eigenvalue weighted by Gasteiger charge is 2.17. The number of aliphatic hydroxyl groups is 1. The van der Waals surface area contributed by atoms with Crippen molar-refractivity contribution in [3.05, 3.63) is 71.3 Å². The van der Waals surface area contributed by atoms with Crippen LogP contribution in [0.3, 0.4) is 0 Å². The van der Waals surface area contributed by atoms with Crippen LogP contribution in [-0.4, -0.2) is 41.7 Å². The summed E-state index contributed by atoms with van der Waals surface area (Å²) >= 11 is 0. The fourth-order valence-electron chi connectivity index (χ4n) is 3.44. The van der Waals surface area contributed by atoms with Crippen LogP contribution in [0.4, 0.5) is 0 Å². The molecule has 2 N–H and O–H groups in total. The second kappa shape index (κ2) is 12.6. The summed E-state index contributed by atoms with van der Waals surface area (Å²) in [6.07, 6.45) is 5.10. The van der Waals surface area contributed by atoms with Crippen molar-refractivity contribution >= 4 is 16.0 Å². The lowest BCUT2D eigenvalue weighted by Gasteiger charge is -2.20. The van der Waals surface area contributed by atoms with E-state index in [2.05, 4.69) is 0 Å². The van der Waals surface area contributed by atoms with Gasteiger partial charge in [0.2, 0.25) is 10.0 Å². The molecule has 0 radical (unpaired) electrons. The summed E-state index contributed by atoms with van der Waals surface area (Å²) in [5, 5.41) is 19.1. The summed E-state index contributed by atoms with van der Waals surface area (Å²) in [6.45, 7) is 0.696. The fraction of sp³-hybridized carbons (Fsp3) is 0.458. The zero-order valence-electron chi connectivity index (χ0n) is 18.1. The Morgan fingerprint density at radius 2 is 1.58 bits per heavy atom. The van der Waals surface area contributed by atoms with Gasteiger partial charge >= 0.3 is 5.97 Å². The van der Waals surface area contributed by atoms with Gasteiger partial charge in [-0.15, -0.1) is 0 Å². The van der Waals surface area contributed by atoms with Crippen molar-refractivity contribution in [1.82, 2.24) is 4.31 Å². The van der Waals surface area contributed by atoms with Gasteiger partial charge in [-0.2, -0.15) is 4.31 Å². The molecule has 170 valence electrons. The molecule has 2 aromatic carbocycles. The number of aliphatic hydroxyl groups excluding tert-OH is 1. The van der Waals surface area contributed by atoms with Crippen molar-refractivity contribution < 1.29 is 23.4 Å². The van der Waals surface area contributed by atoms with Crippen molar-refractivity contribution in [2.24, 2.45) is 0 Å². The Morgan fingerprint density at radius 3 is 2.19 bits per heavy atom. The van der Waals surface area contributed by atoms with Crippen molar-refractivity contribution in [3.8, 4) is 0 Å². The Balaban J connectivity index is 1.85. The molecule has 6 nitrogen and oxygen atoms in total. The molecule has 0 amide bonds. The lowest BCUT2D eigenvalue weighted by atomic mass is 10.0. The van der Waals surface area contributed by atoms with E-state index in [1.54, 1.807) is 0 Å². The molecular formula is C24H33NO5S. The van der Waals surface area contributed by atoms with Crippen LogP contribution >= 0.6 is 0 Å². The third-order valence-electron chi connectivity index (χ3n) is 5.29. The molecule has 0 aliphatic heterocycles. The molecule has 0 fully saturated rings. The van der Waals surface area contributed by atoms with Gasteiger partial charge in [0, 0.05) is 19.5 Å². The molecule has 0 aromatic heterocycles. The number of rotatable bonds is 14. The summed E-state index contributed by atoms with van der Waals surface area (Å²) in [4.78, 5) is 10.5. The second-order valence-corrected chi connectivity index (χ2v) is 9.92. The van der Waals surface area contributed by atoms with Gasteiger partial charge in [0.15, 0.2) is 0 Å². The maximum absolute atomic E-state index is 12.1. The van der Waals surface area contributed by atoms with Gasteiger partial charge < -0.3 is 10.2 Å². The van der Waals surface area contributed by atoms with E-state index in [0.29, 0.717) is 25.8 Å². The number of aryl methyl sites for hydroxylation is 1. The van der Waals surface area contributed by atoms with Crippen LogP contribution in [0.15, 0.2) is 54.6 Å². The Hall–Kier alpha value is -2.22.